The number of aromatic nitrogens is 3. The van der Waals surface area contributed by atoms with E-state index < -0.39 is 0 Å². The molecule has 3 heterocycles. The van der Waals surface area contributed by atoms with E-state index in [1.807, 2.05) is 6.92 Å². The van der Waals surface area contributed by atoms with Crippen molar-refractivity contribution in [2.24, 2.45) is 5.41 Å². The number of nitrogens with zero attached hydrogens (tertiary/aromatic N) is 3. The summed E-state index contributed by atoms with van der Waals surface area (Å²) < 4.78 is 6.03. The number of nitrogens with one attached hydrogen (secondary N) is 1. The fraction of sp³-hybridized carbons (Fsp3) is 0.476. The molecule has 1 fully saturated rings. The standard InChI is InChI=1S/C21H24N4O/c1-12-10-24-16(11-23-12)19-25-15-9-14-13(7-17(15)26-19)8-18-20(2,3)21(14,4)5-6-22-18/h7,9-11,18,22H,5-6,8H2,1-4H3/t18-,21-/m0/s1. The summed E-state index contributed by atoms with van der Waals surface area (Å²) in [7, 11) is 0. The van der Waals surface area contributed by atoms with Crippen molar-refractivity contribution in [3.8, 4) is 11.6 Å². The molecule has 1 aliphatic carbocycles. The Kier molecular flexibility index (Phi) is 3.15. The number of benzene rings is 1. The molecule has 0 unspecified atom stereocenters. The van der Waals surface area contributed by atoms with Crippen LogP contribution in [0.15, 0.2) is 28.9 Å². The monoisotopic (exact) mass is 348 g/mol. The molecule has 5 heteroatoms. The van der Waals surface area contributed by atoms with E-state index in [0.29, 0.717) is 17.6 Å². The van der Waals surface area contributed by atoms with Gasteiger partial charge in [-0.3, -0.25) is 4.98 Å². The second-order valence-electron chi connectivity index (χ2n) is 8.55. The van der Waals surface area contributed by atoms with Gasteiger partial charge in [0.25, 0.3) is 0 Å². The Morgan fingerprint density at radius 3 is 2.77 bits per heavy atom. The lowest BCUT2D eigenvalue weighted by atomic mass is 9.51. The van der Waals surface area contributed by atoms with Gasteiger partial charge in [-0.2, -0.15) is 0 Å². The van der Waals surface area contributed by atoms with Crippen molar-refractivity contribution in [3.63, 3.8) is 0 Å². The summed E-state index contributed by atoms with van der Waals surface area (Å²) in [5, 5.41) is 3.73. The van der Waals surface area contributed by atoms with Gasteiger partial charge < -0.3 is 9.73 Å². The molecule has 1 aromatic carbocycles. The van der Waals surface area contributed by atoms with Crippen LogP contribution in [-0.2, 0) is 11.8 Å². The van der Waals surface area contributed by atoms with E-state index in [0.717, 1.165) is 36.2 Å². The summed E-state index contributed by atoms with van der Waals surface area (Å²) in [5.41, 5.74) is 6.48. The first-order chi connectivity index (χ1) is 12.4. The van der Waals surface area contributed by atoms with Gasteiger partial charge in [-0.25, -0.2) is 9.97 Å². The molecule has 2 aromatic heterocycles. The van der Waals surface area contributed by atoms with Gasteiger partial charge in [-0.05, 0) is 55.0 Å². The zero-order valence-corrected chi connectivity index (χ0v) is 15.8. The van der Waals surface area contributed by atoms with E-state index in [4.69, 9.17) is 9.40 Å². The highest BCUT2D eigenvalue weighted by molar-refractivity contribution is 5.78. The Hall–Kier alpha value is -2.27. The number of oxazole rings is 1. The van der Waals surface area contributed by atoms with Gasteiger partial charge in [-0.1, -0.05) is 20.8 Å². The number of fused-ring (bicyclic) bond motifs is 5. The molecule has 5 rings (SSSR count). The van der Waals surface area contributed by atoms with E-state index in [-0.39, 0.29) is 10.8 Å². The van der Waals surface area contributed by atoms with E-state index in [1.54, 1.807) is 12.4 Å². The van der Waals surface area contributed by atoms with Crippen LogP contribution in [0.1, 0.15) is 44.0 Å². The Morgan fingerprint density at radius 2 is 2.00 bits per heavy atom. The SMILES string of the molecule is Cc1cnc(-c2nc3cc4c(cc3o2)C[C@@H]2NCC[C@]4(C)C2(C)C)cn1. The van der Waals surface area contributed by atoms with Gasteiger partial charge in [0.2, 0.25) is 5.89 Å². The van der Waals surface area contributed by atoms with Crippen LogP contribution >= 0.6 is 0 Å². The maximum Gasteiger partial charge on any atom is 0.247 e. The molecule has 3 aromatic rings. The number of piperidine rings is 1. The molecule has 1 aliphatic heterocycles. The Bertz CT molecular complexity index is 1000. The van der Waals surface area contributed by atoms with E-state index >= 15 is 0 Å². The zero-order chi connectivity index (χ0) is 18.1. The molecule has 1 N–H and O–H groups in total. The fourth-order valence-corrected chi connectivity index (χ4v) is 4.80. The van der Waals surface area contributed by atoms with Gasteiger partial charge in [0.05, 0.1) is 11.9 Å². The third-order valence-corrected chi connectivity index (χ3v) is 6.94. The van der Waals surface area contributed by atoms with Crippen LogP contribution in [0.3, 0.4) is 0 Å². The Morgan fingerprint density at radius 1 is 1.15 bits per heavy atom. The number of rotatable bonds is 1. The highest BCUT2D eigenvalue weighted by atomic mass is 16.3. The third kappa shape index (κ3) is 2.04. The normalized spacial score (nSPS) is 26.7. The predicted molar refractivity (Wildman–Crippen MR) is 101 cm³/mol. The topological polar surface area (TPSA) is 63.8 Å². The Balaban J connectivity index is 1.68. The Labute approximate surface area is 153 Å². The molecule has 1 saturated heterocycles. The molecule has 26 heavy (non-hydrogen) atoms. The number of hydrogen-bond donors (Lipinski definition) is 1. The van der Waals surface area contributed by atoms with Crippen LogP contribution in [0.4, 0.5) is 0 Å². The molecular formula is C21H24N4O. The molecule has 2 aliphatic rings. The summed E-state index contributed by atoms with van der Waals surface area (Å²) in [6.45, 7) is 10.2. The van der Waals surface area contributed by atoms with E-state index in [9.17, 15) is 0 Å². The van der Waals surface area contributed by atoms with Crippen molar-refractivity contribution in [3.05, 3.63) is 41.3 Å². The smallest absolute Gasteiger partial charge is 0.247 e. The van der Waals surface area contributed by atoms with Crippen molar-refractivity contribution < 1.29 is 4.42 Å². The van der Waals surface area contributed by atoms with Gasteiger partial charge in [-0.15, -0.1) is 0 Å². The summed E-state index contributed by atoms with van der Waals surface area (Å²) in [5.74, 6) is 0.542. The molecule has 5 nitrogen and oxygen atoms in total. The molecule has 0 radical (unpaired) electrons. The molecular weight excluding hydrogens is 324 g/mol. The first kappa shape index (κ1) is 15.9. The van der Waals surface area contributed by atoms with Gasteiger partial charge in [0, 0.05) is 17.7 Å². The molecule has 0 saturated carbocycles. The minimum atomic E-state index is 0.146. The quantitative estimate of drug-likeness (QED) is 0.725. The van der Waals surface area contributed by atoms with Crippen molar-refractivity contribution in [2.45, 2.75) is 52.0 Å². The summed E-state index contributed by atoms with van der Waals surface area (Å²) in [6, 6.07) is 4.94. The third-order valence-electron chi connectivity index (χ3n) is 6.94. The second-order valence-corrected chi connectivity index (χ2v) is 8.55. The average Bonchev–Trinajstić information content (AvgIpc) is 3.00. The maximum absolute atomic E-state index is 6.03. The van der Waals surface area contributed by atoms with E-state index in [1.165, 1.54) is 11.1 Å². The van der Waals surface area contributed by atoms with Crippen LogP contribution in [0.25, 0.3) is 22.7 Å². The predicted octanol–water partition coefficient (Wildman–Crippen LogP) is 3.80. The highest BCUT2D eigenvalue weighted by Gasteiger charge is 2.53. The van der Waals surface area contributed by atoms with Crippen LogP contribution < -0.4 is 5.32 Å². The molecule has 0 spiro atoms. The van der Waals surface area contributed by atoms with Gasteiger partial charge in [0.15, 0.2) is 5.58 Å². The van der Waals surface area contributed by atoms with Crippen molar-refractivity contribution in [2.75, 3.05) is 6.54 Å². The van der Waals surface area contributed by atoms with Gasteiger partial charge >= 0.3 is 0 Å². The molecule has 134 valence electrons. The maximum atomic E-state index is 6.03. The largest absolute Gasteiger partial charge is 0.435 e. The lowest BCUT2D eigenvalue weighted by Gasteiger charge is -2.57. The van der Waals surface area contributed by atoms with Crippen LogP contribution in [0.5, 0.6) is 0 Å². The van der Waals surface area contributed by atoms with E-state index in [2.05, 4.69) is 48.2 Å². The second kappa shape index (κ2) is 5.13. The molecule has 0 amide bonds. The van der Waals surface area contributed by atoms with Crippen LogP contribution in [0.2, 0.25) is 0 Å². The van der Waals surface area contributed by atoms with Crippen molar-refractivity contribution >= 4 is 11.1 Å². The summed E-state index contributed by atoms with van der Waals surface area (Å²) in [6.07, 6.45) is 5.65. The van der Waals surface area contributed by atoms with Gasteiger partial charge in [0.1, 0.15) is 11.2 Å². The number of hydrogen-bond acceptors (Lipinski definition) is 5. The summed E-state index contributed by atoms with van der Waals surface area (Å²) in [4.78, 5) is 13.4. The first-order valence-electron chi connectivity index (χ1n) is 9.35. The first-order valence-corrected chi connectivity index (χ1v) is 9.35. The van der Waals surface area contributed by atoms with Crippen molar-refractivity contribution in [1.82, 2.24) is 20.3 Å². The minimum absolute atomic E-state index is 0.146. The minimum Gasteiger partial charge on any atom is -0.435 e. The summed E-state index contributed by atoms with van der Waals surface area (Å²) >= 11 is 0. The van der Waals surface area contributed by atoms with Crippen LogP contribution in [0, 0.1) is 12.3 Å². The fourth-order valence-electron chi connectivity index (χ4n) is 4.80. The lowest BCUT2D eigenvalue weighted by molar-refractivity contribution is 0.0561. The average molecular weight is 348 g/mol. The van der Waals surface area contributed by atoms with Crippen LogP contribution in [-0.4, -0.2) is 27.5 Å². The van der Waals surface area contributed by atoms with Crippen molar-refractivity contribution in [1.29, 1.82) is 0 Å². The lowest BCUT2D eigenvalue weighted by Crippen LogP contribution is -2.62. The molecule has 2 atom stereocenters. The highest BCUT2D eigenvalue weighted by Crippen LogP contribution is 2.54. The number of aryl methyl sites for hydroxylation is 1. The molecule has 2 bridgehead atoms. The zero-order valence-electron chi connectivity index (χ0n) is 15.8.